The van der Waals surface area contributed by atoms with Gasteiger partial charge in [-0.1, -0.05) is 0 Å². The van der Waals surface area contributed by atoms with Crippen LogP contribution in [0.1, 0.15) is 36.0 Å². The van der Waals surface area contributed by atoms with Crippen LogP contribution in [0.3, 0.4) is 0 Å². The van der Waals surface area contributed by atoms with Crippen LogP contribution in [0, 0.1) is 0 Å². The number of pyridine rings is 1. The maximum Gasteiger partial charge on any atom is 0.251 e. The molecule has 2 saturated heterocycles. The molecule has 1 aromatic rings. The summed E-state index contributed by atoms with van der Waals surface area (Å²) in [6.07, 6.45) is 6.08. The Morgan fingerprint density at radius 3 is 3.11 bits per heavy atom. The number of fused-ring (bicyclic) bond motifs is 1. The molecule has 1 aromatic heterocycles. The molecule has 3 heterocycles. The summed E-state index contributed by atoms with van der Waals surface area (Å²) in [6, 6.07) is 3.87. The van der Waals surface area contributed by atoms with Gasteiger partial charge in [0.1, 0.15) is 0 Å². The molecule has 0 saturated carbocycles. The van der Waals surface area contributed by atoms with Crippen molar-refractivity contribution in [2.24, 2.45) is 0 Å². The maximum atomic E-state index is 12.1. The fourth-order valence-corrected chi connectivity index (χ4v) is 3.21. The second-order valence-corrected chi connectivity index (χ2v) is 5.47. The number of H-pyrrole nitrogens is 1. The molecule has 0 spiro atoms. The molecule has 5 nitrogen and oxygen atoms in total. The summed E-state index contributed by atoms with van der Waals surface area (Å²) in [4.78, 5) is 28.3. The fourth-order valence-electron chi connectivity index (χ4n) is 3.21. The number of nitrogens with zero attached hydrogens (tertiary/aromatic N) is 1. The number of hydrogen-bond acceptors (Lipinski definition) is 3. The summed E-state index contributed by atoms with van der Waals surface area (Å²) in [5.74, 6) is -0.137. The van der Waals surface area contributed by atoms with Gasteiger partial charge in [-0.15, -0.1) is 0 Å². The SMILES string of the molecule is O=C(NC1CCN2CCCC2C1)c1cc[nH]c(=O)c1. The van der Waals surface area contributed by atoms with Gasteiger partial charge in [0, 0.05) is 36.5 Å². The molecule has 2 N–H and O–H groups in total. The molecule has 0 radical (unpaired) electrons. The minimum Gasteiger partial charge on any atom is -0.349 e. The van der Waals surface area contributed by atoms with E-state index in [-0.39, 0.29) is 17.5 Å². The first kappa shape index (κ1) is 12.4. The van der Waals surface area contributed by atoms with Crippen molar-refractivity contribution in [2.75, 3.05) is 13.1 Å². The number of nitrogens with one attached hydrogen (secondary N) is 2. The number of amides is 1. The van der Waals surface area contributed by atoms with Gasteiger partial charge >= 0.3 is 0 Å². The van der Waals surface area contributed by atoms with Gasteiger partial charge in [0.05, 0.1) is 0 Å². The molecule has 3 rings (SSSR count). The number of carbonyl (C=O) groups excluding carboxylic acids is 1. The highest BCUT2D eigenvalue weighted by Crippen LogP contribution is 2.26. The van der Waals surface area contributed by atoms with Crippen molar-refractivity contribution in [2.45, 2.75) is 37.8 Å². The van der Waals surface area contributed by atoms with Gasteiger partial charge in [-0.05, 0) is 38.3 Å². The van der Waals surface area contributed by atoms with Crippen LogP contribution >= 0.6 is 0 Å². The third-order valence-electron chi connectivity index (χ3n) is 4.19. The zero-order valence-electron chi connectivity index (χ0n) is 10.9. The number of aromatic amines is 1. The van der Waals surface area contributed by atoms with Gasteiger partial charge in [-0.2, -0.15) is 0 Å². The molecule has 2 aliphatic rings. The molecule has 2 aliphatic heterocycles. The second kappa shape index (κ2) is 5.17. The second-order valence-electron chi connectivity index (χ2n) is 5.47. The van der Waals surface area contributed by atoms with Crippen molar-refractivity contribution in [1.29, 1.82) is 0 Å². The molecule has 2 atom stereocenters. The van der Waals surface area contributed by atoms with Crippen LogP contribution in [-0.2, 0) is 0 Å². The molecular weight excluding hydrogens is 242 g/mol. The van der Waals surface area contributed by atoms with E-state index >= 15 is 0 Å². The first-order valence-corrected chi connectivity index (χ1v) is 6.96. The Kier molecular flexibility index (Phi) is 3.38. The molecule has 2 fully saturated rings. The lowest BCUT2D eigenvalue weighted by Crippen LogP contribution is -2.47. The van der Waals surface area contributed by atoms with E-state index < -0.39 is 0 Å². The molecule has 0 bridgehead atoms. The number of rotatable bonds is 2. The normalized spacial score (nSPS) is 26.9. The highest BCUT2D eigenvalue weighted by molar-refractivity contribution is 5.94. The zero-order chi connectivity index (χ0) is 13.2. The number of piperidine rings is 1. The van der Waals surface area contributed by atoms with E-state index in [2.05, 4.69) is 15.2 Å². The van der Waals surface area contributed by atoms with Crippen LogP contribution < -0.4 is 10.9 Å². The third-order valence-corrected chi connectivity index (χ3v) is 4.19. The summed E-state index contributed by atoms with van der Waals surface area (Å²) < 4.78 is 0. The fraction of sp³-hybridized carbons (Fsp3) is 0.571. The maximum absolute atomic E-state index is 12.1. The largest absolute Gasteiger partial charge is 0.349 e. The van der Waals surface area contributed by atoms with E-state index in [0.29, 0.717) is 11.6 Å². The number of hydrogen-bond donors (Lipinski definition) is 2. The van der Waals surface area contributed by atoms with Crippen molar-refractivity contribution in [3.05, 3.63) is 34.2 Å². The van der Waals surface area contributed by atoms with Crippen LogP contribution in [0.5, 0.6) is 0 Å². The summed E-state index contributed by atoms with van der Waals surface area (Å²) in [6.45, 7) is 2.28. The predicted octanol–water partition coefficient (Wildman–Crippen LogP) is 0.732. The minimum atomic E-state index is -0.238. The lowest BCUT2D eigenvalue weighted by molar-refractivity contribution is 0.0896. The highest BCUT2D eigenvalue weighted by atomic mass is 16.2. The van der Waals surface area contributed by atoms with Crippen molar-refractivity contribution in [3.63, 3.8) is 0 Å². The van der Waals surface area contributed by atoms with Crippen LogP contribution in [0.4, 0.5) is 0 Å². The molecule has 5 heteroatoms. The van der Waals surface area contributed by atoms with E-state index in [1.165, 1.54) is 31.6 Å². The van der Waals surface area contributed by atoms with Crippen molar-refractivity contribution in [1.82, 2.24) is 15.2 Å². The molecule has 102 valence electrons. The van der Waals surface area contributed by atoms with Crippen molar-refractivity contribution < 1.29 is 4.79 Å². The summed E-state index contributed by atoms with van der Waals surface area (Å²) in [5, 5.41) is 3.06. The average molecular weight is 261 g/mol. The lowest BCUT2D eigenvalue weighted by Gasteiger charge is -2.35. The Morgan fingerprint density at radius 2 is 2.26 bits per heavy atom. The Labute approximate surface area is 112 Å². The first-order valence-electron chi connectivity index (χ1n) is 6.96. The monoisotopic (exact) mass is 261 g/mol. The molecule has 0 aromatic carbocycles. The van der Waals surface area contributed by atoms with E-state index in [0.717, 1.165) is 19.4 Å². The highest BCUT2D eigenvalue weighted by Gasteiger charge is 2.32. The molecular formula is C14H19N3O2. The summed E-state index contributed by atoms with van der Waals surface area (Å²) in [5.41, 5.74) is 0.205. The standard InChI is InChI=1S/C14H19N3O2/c18-13-8-10(3-5-15-13)14(19)16-11-4-7-17-6-1-2-12(17)9-11/h3,5,8,11-12H,1-2,4,6-7,9H2,(H,15,18)(H,16,19). The minimum absolute atomic E-state index is 0.137. The van der Waals surface area contributed by atoms with E-state index in [1.54, 1.807) is 6.07 Å². The van der Waals surface area contributed by atoms with Gasteiger partial charge in [-0.3, -0.25) is 9.59 Å². The van der Waals surface area contributed by atoms with Crippen LogP contribution in [0.2, 0.25) is 0 Å². The van der Waals surface area contributed by atoms with Crippen LogP contribution in [0.15, 0.2) is 23.1 Å². The Balaban J connectivity index is 1.62. The van der Waals surface area contributed by atoms with Crippen LogP contribution in [-0.4, -0.2) is 41.0 Å². The topological polar surface area (TPSA) is 65.2 Å². The van der Waals surface area contributed by atoms with Crippen molar-refractivity contribution >= 4 is 5.91 Å². The number of carbonyl (C=O) groups is 1. The van der Waals surface area contributed by atoms with Gasteiger partial charge in [0.25, 0.3) is 5.91 Å². The van der Waals surface area contributed by atoms with E-state index in [4.69, 9.17) is 0 Å². The Morgan fingerprint density at radius 1 is 1.37 bits per heavy atom. The molecule has 19 heavy (non-hydrogen) atoms. The lowest BCUT2D eigenvalue weighted by atomic mass is 9.97. The van der Waals surface area contributed by atoms with Gasteiger partial charge in [-0.25, -0.2) is 0 Å². The first-order chi connectivity index (χ1) is 9.22. The third kappa shape index (κ3) is 2.71. The van der Waals surface area contributed by atoms with Gasteiger partial charge in [0.15, 0.2) is 0 Å². The predicted molar refractivity (Wildman–Crippen MR) is 72.1 cm³/mol. The number of aromatic nitrogens is 1. The van der Waals surface area contributed by atoms with E-state index in [1.807, 2.05) is 0 Å². The smallest absolute Gasteiger partial charge is 0.251 e. The average Bonchev–Trinajstić information content (AvgIpc) is 2.86. The van der Waals surface area contributed by atoms with E-state index in [9.17, 15) is 9.59 Å². The summed E-state index contributed by atoms with van der Waals surface area (Å²) in [7, 11) is 0. The Bertz CT molecular complexity index is 525. The molecule has 0 aliphatic carbocycles. The summed E-state index contributed by atoms with van der Waals surface area (Å²) >= 11 is 0. The van der Waals surface area contributed by atoms with Crippen molar-refractivity contribution in [3.8, 4) is 0 Å². The van der Waals surface area contributed by atoms with Crippen LogP contribution in [0.25, 0.3) is 0 Å². The zero-order valence-corrected chi connectivity index (χ0v) is 10.9. The Hall–Kier alpha value is -1.62. The quantitative estimate of drug-likeness (QED) is 0.825. The molecule has 1 amide bonds. The molecule has 2 unspecified atom stereocenters. The van der Waals surface area contributed by atoms with Gasteiger partial charge in [0.2, 0.25) is 5.56 Å². The van der Waals surface area contributed by atoms with Gasteiger partial charge < -0.3 is 15.2 Å².